The standard InChI is InChI=1S/C86H142N28O23/c1-12-44(7)67(81(134)105-52(19-14-15-29-87)72(125)108-57(34-43(5)6)77(130)107-56(33-42(3)4)71(124)98-40-65(90)120)111-73(126)53(20-16-30-96-85(91)92)102-78(131)58(35-49-23-25-51(117)26-24-49)109-82(135)68(45(8)13-2)112-74(127)54(21-17-31-97-86(93)94)103-79(132)60(37-64(89)119)106-70(123)46(9)100-76(129)59(36-50-39-95-41-99-50)110-83(136)69(47(10)115)113-75(128)55(27-28-63(88)118)104-80(133)62-22-18-32-114(62)84(137)61(38-66(121)122)101-48(11)116/h23-26,39,41-47,52-62,67-69,115,117H,12-22,27-38,40,87H2,1-11H3,(H2,88,118)(H2,89,119)(H2,90,120)(H,95,99)(H,98,124)(H,100,129)(H,101,116)(H,102,131)(H,103,132)(H,104,133)(H,105,134)(H,106,123)(H,107,130)(H,108,125)(H,109,135)(H,110,136)(H,111,126)(H,112,127)(H,113,128)(H,121,122)(H4,91,92,96)(H4,93,94,97)/t44-,45-,46-,47+,52-,53-,54-,55-,56-,57-,58-,59-,60-,61-,62-,67-,68-,69-/m0/s1. The van der Waals surface area contributed by atoms with Crippen LogP contribution >= 0.6 is 0 Å². The van der Waals surface area contributed by atoms with Crippen LogP contribution in [0.2, 0.25) is 0 Å². The molecule has 2 heterocycles. The summed E-state index contributed by atoms with van der Waals surface area (Å²) >= 11 is 0. The number of benzene rings is 1. The summed E-state index contributed by atoms with van der Waals surface area (Å²) in [7, 11) is 0. The van der Waals surface area contributed by atoms with E-state index in [0.717, 1.165) is 25.7 Å². The van der Waals surface area contributed by atoms with Gasteiger partial charge in [-0.2, -0.15) is 0 Å². The molecule has 764 valence electrons. The van der Waals surface area contributed by atoms with Gasteiger partial charge in [0.2, 0.25) is 112 Å². The van der Waals surface area contributed by atoms with E-state index in [1.807, 2.05) is 0 Å². The van der Waals surface area contributed by atoms with Gasteiger partial charge in [0.15, 0.2) is 11.9 Å². The van der Waals surface area contributed by atoms with Crippen molar-refractivity contribution in [3.8, 4) is 5.75 Å². The van der Waals surface area contributed by atoms with E-state index in [-0.39, 0.29) is 127 Å². The topological polar surface area (TPSA) is 842 Å². The lowest BCUT2D eigenvalue weighted by Gasteiger charge is -2.31. The number of phenols is 1. The number of guanidine groups is 2. The molecule has 35 N–H and O–H groups in total. The zero-order valence-corrected chi connectivity index (χ0v) is 79.3. The molecule has 1 fully saturated rings. The van der Waals surface area contributed by atoms with Crippen LogP contribution in [0.1, 0.15) is 197 Å². The number of aromatic amines is 1. The largest absolute Gasteiger partial charge is 0.508 e. The van der Waals surface area contributed by atoms with Crippen LogP contribution in [-0.2, 0) is 109 Å². The van der Waals surface area contributed by atoms with E-state index >= 15 is 14.4 Å². The number of aromatic nitrogens is 2. The molecule has 51 nitrogen and oxygen atoms in total. The second-order valence-corrected chi connectivity index (χ2v) is 34.8. The van der Waals surface area contributed by atoms with Crippen LogP contribution in [-0.4, -0.2) is 290 Å². The quantitative estimate of drug-likeness (QED) is 0.0166. The van der Waals surface area contributed by atoms with Gasteiger partial charge in [-0.1, -0.05) is 80.4 Å². The fraction of sp³-hybridized carbons (Fsp3) is 0.640. The summed E-state index contributed by atoms with van der Waals surface area (Å²) in [5.41, 5.74) is 33.9. The number of rotatable bonds is 63. The number of aliphatic hydroxyl groups is 1. The molecule has 0 unspecified atom stereocenters. The average Bonchev–Trinajstić information content (AvgIpc) is 1.68. The number of carbonyl (C=O) groups is 20. The molecule has 0 saturated carbocycles. The minimum Gasteiger partial charge on any atom is -0.508 e. The molecule has 51 heteroatoms. The number of carboxylic acid groups (broad SMARTS) is 1. The lowest BCUT2D eigenvalue weighted by Crippen LogP contribution is -2.62. The van der Waals surface area contributed by atoms with Crippen molar-refractivity contribution < 1.29 is 111 Å². The number of nitrogens with one attached hydrogen (secondary N) is 20. The first-order valence-corrected chi connectivity index (χ1v) is 45.6. The number of aliphatic hydroxyl groups excluding tert-OH is 1. The predicted octanol–water partition coefficient (Wildman–Crippen LogP) is -7.84. The molecule has 1 aromatic carbocycles. The van der Waals surface area contributed by atoms with E-state index in [2.05, 4.69) is 100 Å². The van der Waals surface area contributed by atoms with Crippen molar-refractivity contribution in [3.63, 3.8) is 0 Å². The number of aromatic hydroxyl groups is 1. The first kappa shape index (κ1) is 117. The molecule has 0 aliphatic carbocycles. The van der Waals surface area contributed by atoms with E-state index in [0.29, 0.717) is 18.4 Å². The minimum atomic E-state index is -1.97. The normalized spacial score (nSPS) is 16.0. The highest BCUT2D eigenvalue weighted by Crippen LogP contribution is 2.23. The Morgan fingerprint density at radius 2 is 0.898 bits per heavy atom. The summed E-state index contributed by atoms with van der Waals surface area (Å²) in [6, 6.07) is -18.3. The van der Waals surface area contributed by atoms with Gasteiger partial charge >= 0.3 is 5.97 Å². The number of amides is 19. The van der Waals surface area contributed by atoms with Crippen LogP contribution in [0.5, 0.6) is 5.75 Å². The molecule has 19 amide bonds. The maximum absolute atomic E-state index is 15.2. The number of carbonyl (C=O) groups excluding carboxylic acids is 19. The zero-order valence-electron chi connectivity index (χ0n) is 79.3. The molecular weight excluding hydrogens is 1790 g/mol. The second kappa shape index (κ2) is 59.8. The molecule has 137 heavy (non-hydrogen) atoms. The minimum absolute atomic E-state index is 0.00196. The van der Waals surface area contributed by atoms with Gasteiger partial charge in [-0.15, -0.1) is 0 Å². The van der Waals surface area contributed by atoms with E-state index in [9.17, 15) is 96.8 Å². The monoisotopic (exact) mass is 1940 g/mol. The van der Waals surface area contributed by atoms with Crippen LogP contribution < -0.4 is 125 Å². The van der Waals surface area contributed by atoms with Crippen LogP contribution in [0.15, 0.2) is 36.8 Å². The number of carboxylic acids is 1. The molecule has 18 atom stereocenters. The summed E-state index contributed by atoms with van der Waals surface area (Å²) in [5.74, 6) is -23.2. The maximum atomic E-state index is 15.2. The lowest BCUT2D eigenvalue weighted by molar-refractivity contribution is -0.146. The van der Waals surface area contributed by atoms with Crippen molar-refractivity contribution in [2.75, 3.05) is 32.7 Å². The number of phenolic OH excluding ortho intramolecular Hbond substituents is 1. The Morgan fingerprint density at radius 3 is 1.35 bits per heavy atom. The molecule has 1 aliphatic heterocycles. The van der Waals surface area contributed by atoms with Crippen molar-refractivity contribution in [1.82, 2.24) is 105 Å². The van der Waals surface area contributed by atoms with Crippen LogP contribution in [0, 0.1) is 34.5 Å². The van der Waals surface area contributed by atoms with Crippen molar-refractivity contribution in [3.05, 3.63) is 48.0 Å². The van der Waals surface area contributed by atoms with Crippen molar-refractivity contribution in [1.29, 1.82) is 10.8 Å². The lowest BCUT2D eigenvalue weighted by atomic mass is 9.96. The fourth-order valence-corrected chi connectivity index (χ4v) is 14.4. The van der Waals surface area contributed by atoms with Gasteiger partial charge in [0.05, 0.1) is 31.8 Å². The van der Waals surface area contributed by atoms with Crippen LogP contribution in [0.25, 0.3) is 0 Å². The molecule has 2 aromatic rings. The van der Waals surface area contributed by atoms with E-state index in [1.54, 1.807) is 55.4 Å². The SMILES string of the molecule is CC[C@H](C)[C@H](NC(=O)[C@H](CCCNC(=N)N)NC(=O)[C@H](CC(N)=O)NC(=O)[C@H](C)NC(=O)[C@H](Cc1cnc[nH]1)NC(=O)[C@@H](NC(=O)[C@H](CCC(N)=O)NC(=O)[C@@H]1CCCN1C(=O)[C@H](CC(=O)O)NC(C)=O)[C@@H](C)O)C(=O)N[C@@H](Cc1ccc(O)cc1)C(=O)N[C@@H](CCCNC(=N)N)C(=O)N[C@H](C(=O)N[C@@H](CCCCN)C(=O)N[C@@H](CC(C)C)C(=O)N[C@@H](CC(C)C)C(=O)NCC(N)=O)[C@@H](C)CC. The Labute approximate surface area is 793 Å². The van der Waals surface area contributed by atoms with Crippen molar-refractivity contribution in [2.45, 2.75) is 295 Å². The highest BCUT2D eigenvalue weighted by atomic mass is 16.4. The zero-order chi connectivity index (χ0) is 103. The molecule has 3 rings (SSSR count). The van der Waals surface area contributed by atoms with Crippen molar-refractivity contribution >= 4 is 130 Å². The predicted molar refractivity (Wildman–Crippen MR) is 495 cm³/mol. The number of nitrogens with zero attached hydrogens (tertiary/aromatic N) is 2. The number of nitrogens with two attached hydrogens (primary N) is 6. The number of hydrogen-bond acceptors (Lipinski definition) is 26. The summed E-state index contributed by atoms with van der Waals surface area (Å²) in [4.78, 5) is 284. The number of H-pyrrole nitrogens is 1. The molecule has 0 radical (unpaired) electrons. The van der Waals surface area contributed by atoms with Crippen LogP contribution in [0.4, 0.5) is 0 Å². The highest BCUT2D eigenvalue weighted by Gasteiger charge is 2.43. The summed E-state index contributed by atoms with van der Waals surface area (Å²) in [6.07, 6.45) is -2.09. The summed E-state index contributed by atoms with van der Waals surface area (Å²) in [5, 5.41) is 89.4. The smallest absolute Gasteiger partial charge is 0.305 e. The van der Waals surface area contributed by atoms with Gasteiger partial charge in [-0.3, -0.25) is 107 Å². The molecule has 0 spiro atoms. The Balaban J connectivity index is 2.04. The number of aliphatic carboxylic acids is 1. The summed E-state index contributed by atoms with van der Waals surface area (Å²) in [6.45, 7) is 16.5. The Kier molecular flexibility index (Phi) is 51.1. The van der Waals surface area contributed by atoms with E-state index < -0.39 is 277 Å². The van der Waals surface area contributed by atoms with Gasteiger partial charge < -0.3 is 150 Å². The van der Waals surface area contributed by atoms with Gasteiger partial charge in [-0.05, 0) is 139 Å². The third-order valence-corrected chi connectivity index (χ3v) is 22.2. The van der Waals surface area contributed by atoms with Gasteiger partial charge in [-0.25, -0.2) is 4.98 Å². The third kappa shape index (κ3) is 43.1. The van der Waals surface area contributed by atoms with Gasteiger partial charge in [0.25, 0.3) is 0 Å². The average molecular weight is 1940 g/mol. The van der Waals surface area contributed by atoms with Crippen molar-refractivity contribution in [2.24, 2.45) is 58.1 Å². The number of primary amides is 3. The molecule has 0 bridgehead atoms. The fourth-order valence-electron chi connectivity index (χ4n) is 14.4. The van der Waals surface area contributed by atoms with Gasteiger partial charge in [0.1, 0.15) is 96.4 Å². The first-order chi connectivity index (χ1) is 64.4. The highest BCUT2D eigenvalue weighted by molar-refractivity contribution is 6.02. The maximum Gasteiger partial charge on any atom is 0.305 e. The Hall–Kier alpha value is -13.9. The van der Waals surface area contributed by atoms with E-state index in [4.69, 9.17) is 45.2 Å². The molecule has 1 aromatic heterocycles. The Bertz CT molecular complexity index is 4450. The number of likely N-dealkylation sites (tertiary alicyclic amines) is 1. The second-order valence-electron chi connectivity index (χ2n) is 34.8. The molecule has 1 saturated heterocycles. The summed E-state index contributed by atoms with van der Waals surface area (Å²) < 4.78 is 0. The third-order valence-electron chi connectivity index (χ3n) is 22.2. The number of unbranched alkanes of at least 4 members (excludes halogenated alkanes) is 1. The van der Waals surface area contributed by atoms with Crippen LogP contribution in [0.3, 0.4) is 0 Å². The molecular formula is C86H142N28O23. The molecule has 1 aliphatic rings. The Morgan fingerprint density at radius 1 is 0.467 bits per heavy atom. The number of hydrogen-bond donors (Lipinski definition) is 29. The van der Waals surface area contributed by atoms with E-state index in [1.165, 1.54) is 36.8 Å². The van der Waals surface area contributed by atoms with Gasteiger partial charge in [0, 0.05) is 57.7 Å². The number of imidazole rings is 1. The first-order valence-electron chi connectivity index (χ1n) is 45.6.